The fraction of sp³-hybridized carbons (Fsp3) is 0.714. The molecule has 4 nitrogen and oxygen atoms in total. The summed E-state index contributed by atoms with van der Waals surface area (Å²) in [6, 6.07) is 0. The van der Waals surface area contributed by atoms with Gasteiger partial charge in [-0.25, -0.2) is 0 Å². The molecule has 18 heavy (non-hydrogen) atoms. The van der Waals surface area contributed by atoms with Crippen molar-refractivity contribution in [3.05, 3.63) is 16.8 Å². The van der Waals surface area contributed by atoms with E-state index in [1.807, 2.05) is 13.8 Å². The van der Waals surface area contributed by atoms with Crippen molar-refractivity contribution in [2.45, 2.75) is 66.0 Å². The van der Waals surface area contributed by atoms with Crippen LogP contribution in [0.5, 0.6) is 5.88 Å². The number of rotatable bonds is 6. The molecule has 1 heterocycles. The van der Waals surface area contributed by atoms with E-state index >= 15 is 0 Å². The predicted octanol–water partition coefficient (Wildman–Crippen LogP) is 2.63. The average molecular weight is 251 g/mol. The van der Waals surface area contributed by atoms with E-state index in [4.69, 9.17) is 10.5 Å². The summed E-state index contributed by atoms with van der Waals surface area (Å²) in [5.41, 5.74) is 8.85. The van der Waals surface area contributed by atoms with Crippen molar-refractivity contribution in [2.75, 3.05) is 0 Å². The second kappa shape index (κ2) is 6.14. The van der Waals surface area contributed by atoms with Crippen molar-refractivity contribution < 1.29 is 4.74 Å². The number of hydrogen-bond donors (Lipinski definition) is 1. The van der Waals surface area contributed by atoms with Crippen LogP contribution in [-0.4, -0.2) is 15.8 Å². The van der Waals surface area contributed by atoms with Gasteiger partial charge >= 0.3 is 0 Å². The first kappa shape index (κ1) is 14.9. The summed E-state index contributed by atoms with van der Waals surface area (Å²) in [5.74, 6) is 0.596. The van der Waals surface area contributed by atoms with Crippen LogP contribution < -0.4 is 10.5 Å². The average Bonchev–Trinajstić information content (AvgIpc) is 2.37. The summed E-state index contributed by atoms with van der Waals surface area (Å²) in [6.07, 6.45) is 2.70. The summed E-state index contributed by atoms with van der Waals surface area (Å²) < 4.78 is 5.96. The molecule has 0 aliphatic carbocycles. The maximum atomic E-state index is 5.96. The quantitative estimate of drug-likeness (QED) is 0.844. The van der Waals surface area contributed by atoms with Crippen LogP contribution in [0.1, 0.15) is 57.9 Å². The van der Waals surface area contributed by atoms with Crippen molar-refractivity contribution in [2.24, 2.45) is 5.73 Å². The van der Waals surface area contributed by atoms with Gasteiger partial charge in [-0.2, -0.15) is 5.10 Å². The highest BCUT2D eigenvalue weighted by Crippen LogP contribution is 2.26. The minimum atomic E-state index is -0.239. The van der Waals surface area contributed by atoms with Gasteiger partial charge in [-0.1, -0.05) is 20.8 Å². The van der Waals surface area contributed by atoms with E-state index in [0.29, 0.717) is 12.4 Å². The van der Waals surface area contributed by atoms with Gasteiger partial charge in [-0.15, -0.1) is 5.10 Å². The third-order valence-corrected chi connectivity index (χ3v) is 3.35. The molecule has 0 aliphatic rings. The van der Waals surface area contributed by atoms with E-state index in [9.17, 15) is 0 Å². The Morgan fingerprint density at radius 3 is 2.17 bits per heavy atom. The van der Waals surface area contributed by atoms with Crippen LogP contribution in [0.4, 0.5) is 0 Å². The second-order valence-corrected chi connectivity index (χ2v) is 5.04. The third-order valence-electron chi connectivity index (χ3n) is 3.35. The molecule has 0 aromatic carbocycles. The predicted molar refractivity (Wildman–Crippen MR) is 73.7 cm³/mol. The zero-order valence-electron chi connectivity index (χ0n) is 12.2. The number of nitrogens with two attached hydrogens (primary N) is 1. The van der Waals surface area contributed by atoms with Crippen LogP contribution in [0, 0.1) is 0 Å². The van der Waals surface area contributed by atoms with Crippen molar-refractivity contribution in [1.82, 2.24) is 10.2 Å². The van der Waals surface area contributed by atoms with Crippen molar-refractivity contribution >= 4 is 0 Å². The van der Waals surface area contributed by atoms with Crippen LogP contribution >= 0.6 is 0 Å². The maximum absolute atomic E-state index is 5.96. The summed E-state index contributed by atoms with van der Waals surface area (Å²) in [6.45, 7) is 10.8. The van der Waals surface area contributed by atoms with Gasteiger partial charge in [0.25, 0.3) is 0 Å². The Hall–Kier alpha value is -1.16. The molecule has 0 unspecified atom stereocenters. The van der Waals surface area contributed by atoms with Crippen molar-refractivity contribution in [3.63, 3.8) is 0 Å². The molecule has 102 valence electrons. The highest BCUT2D eigenvalue weighted by atomic mass is 16.5. The minimum Gasteiger partial charge on any atom is -0.470 e. The summed E-state index contributed by atoms with van der Waals surface area (Å²) in [5, 5.41) is 8.47. The Morgan fingerprint density at radius 1 is 1.06 bits per heavy atom. The smallest absolute Gasteiger partial charge is 0.238 e. The van der Waals surface area contributed by atoms with Crippen molar-refractivity contribution in [1.29, 1.82) is 0 Å². The first-order valence-corrected chi connectivity index (χ1v) is 6.75. The first-order chi connectivity index (χ1) is 8.49. The fourth-order valence-corrected chi connectivity index (χ4v) is 1.86. The number of aromatic nitrogens is 2. The standard InChI is InChI=1S/C14H25N3O/c1-6-10-11(9-15)13(17-16-12(10)7-2)18-14(4,5)8-3/h6-9,15H2,1-5H3. The SMILES string of the molecule is CCc1nnc(OC(C)(C)CC)c(CN)c1CC. The van der Waals surface area contributed by atoms with E-state index in [-0.39, 0.29) is 5.60 Å². The highest BCUT2D eigenvalue weighted by Gasteiger charge is 2.22. The normalized spacial score (nSPS) is 11.7. The minimum absolute atomic E-state index is 0.239. The summed E-state index contributed by atoms with van der Waals surface area (Å²) in [7, 11) is 0. The topological polar surface area (TPSA) is 61.0 Å². The molecule has 0 amide bonds. The number of nitrogens with zero attached hydrogens (tertiary/aromatic N) is 2. The van der Waals surface area contributed by atoms with E-state index in [2.05, 4.69) is 31.0 Å². The van der Waals surface area contributed by atoms with Crippen LogP contribution in [-0.2, 0) is 19.4 Å². The van der Waals surface area contributed by atoms with Crippen LogP contribution in [0.25, 0.3) is 0 Å². The summed E-state index contributed by atoms with van der Waals surface area (Å²) >= 11 is 0. The summed E-state index contributed by atoms with van der Waals surface area (Å²) in [4.78, 5) is 0. The molecule has 0 aliphatic heterocycles. The molecule has 1 aromatic heterocycles. The molecule has 2 N–H and O–H groups in total. The first-order valence-electron chi connectivity index (χ1n) is 6.75. The Bertz CT molecular complexity index is 402. The monoisotopic (exact) mass is 251 g/mol. The van der Waals surface area contributed by atoms with Gasteiger partial charge in [-0.05, 0) is 38.7 Å². The Kier molecular flexibility index (Phi) is 5.08. The van der Waals surface area contributed by atoms with Gasteiger partial charge < -0.3 is 10.5 Å². The lowest BCUT2D eigenvalue weighted by Gasteiger charge is -2.26. The molecular weight excluding hydrogens is 226 g/mol. The van der Waals surface area contributed by atoms with Crippen LogP contribution in [0.2, 0.25) is 0 Å². The van der Waals surface area contributed by atoms with Gasteiger partial charge in [0.05, 0.1) is 5.69 Å². The Balaban J connectivity index is 3.21. The lowest BCUT2D eigenvalue weighted by molar-refractivity contribution is 0.0958. The second-order valence-electron chi connectivity index (χ2n) is 5.04. The van der Waals surface area contributed by atoms with Gasteiger partial charge in [0, 0.05) is 12.1 Å². The molecular formula is C14H25N3O. The molecule has 0 saturated carbocycles. The molecule has 1 rings (SSSR count). The molecule has 1 aromatic rings. The number of ether oxygens (including phenoxy) is 1. The van der Waals surface area contributed by atoms with Crippen molar-refractivity contribution in [3.8, 4) is 5.88 Å². The lowest BCUT2D eigenvalue weighted by atomic mass is 10.0. The largest absolute Gasteiger partial charge is 0.470 e. The van der Waals surface area contributed by atoms with Gasteiger partial charge in [-0.3, -0.25) is 0 Å². The van der Waals surface area contributed by atoms with E-state index in [1.165, 1.54) is 5.56 Å². The highest BCUT2D eigenvalue weighted by molar-refractivity contribution is 5.37. The van der Waals surface area contributed by atoms with Crippen LogP contribution in [0.3, 0.4) is 0 Å². The number of hydrogen-bond acceptors (Lipinski definition) is 4. The maximum Gasteiger partial charge on any atom is 0.238 e. The molecule has 0 radical (unpaired) electrons. The van der Waals surface area contributed by atoms with E-state index in [1.54, 1.807) is 0 Å². The molecule has 0 spiro atoms. The van der Waals surface area contributed by atoms with Gasteiger partial charge in [0.15, 0.2) is 0 Å². The third kappa shape index (κ3) is 3.19. The molecule has 0 fully saturated rings. The Labute approximate surface area is 110 Å². The molecule has 0 atom stereocenters. The Morgan fingerprint density at radius 2 is 1.72 bits per heavy atom. The lowest BCUT2D eigenvalue weighted by Crippen LogP contribution is -2.29. The van der Waals surface area contributed by atoms with E-state index in [0.717, 1.165) is 30.5 Å². The van der Waals surface area contributed by atoms with Crippen LogP contribution in [0.15, 0.2) is 0 Å². The zero-order chi connectivity index (χ0) is 13.8. The fourth-order valence-electron chi connectivity index (χ4n) is 1.86. The van der Waals surface area contributed by atoms with Gasteiger partial charge in [0.2, 0.25) is 5.88 Å². The molecule has 4 heteroatoms. The zero-order valence-corrected chi connectivity index (χ0v) is 12.2. The van der Waals surface area contributed by atoms with Gasteiger partial charge in [0.1, 0.15) is 5.60 Å². The molecule has 0 saturated heterocycles. The van der Waals surface area contributed by atoms with E-state index < -0.39 is 0 Å². The molecule has 0 bridgehead atoms. The number of aryl methyl sites for hydroxylation is 1.